The lowest BCUT2D eigenvalue weighted by Gasteiger charge is -2.15. The van der Waals surface area contributed by atoms with E-state index in [1.54, 1.807) is 32.2 Å². The number of hydrogen-bond donors (Lipinski definition) is 1. The molecule has 0 aliphatic heterocycles. The van der Waals surface area contributed by atoms with Crippen LogP contribution in [0.15, 0.2) is 18.2 Å². The lowest BCUT2D eigenvalue weighted by molar-refractivity contribution is -0.127. The summed E-state index contributed by atoms with van der Waals surface area (Å²) < 4.78 is 10.3. The lowest BCUT2D eigenvalue weighted by atomic mass is 10.3. The predicted octanol–water partition coefficient (Wildman–Crippen LogP) is 2.52. The summed E-state index contributed by atoms with van der Waals surface area (Å²) in [7, 11) is 1.57. The van der Waals surface area contributed by atoms with Crippen LogP contribution in [0.1, 0.15) is 6.92 Å². The number of carbonyl (C=O) groups excluding carboxylic acids is 1. The first-order chi connectivity index (χ1) is 8.54. The topological polar surface area (TPSA) is 47.6 Å². The van der Waals surface area contributed by atoms with E-state index in [2.05, 4.69) is 5.32 Å². The van der Waals surface area contributed by atoms with E-state index in [-0.39, 0.29) is 5.91 Å². The fourth-order valence-corrected chi connectivity index (χ4v) is 1.56. The first-order valence-electron chi connectivity index (χ1n) is 5.43. The van der Waals surface area contributed by atoms with Gasteiger partial charge in [0, 0.05) is 24.7 Å². The zero-order valence-corrected chi connectivity index (χ0v) is 11.7. The molecule has 1 N–H and O–H groups in total. The Bertz CT molecular complexity index is 412. The lowest BCUT2D eigenvalue weighted by Crippen LogP contribution is -2.37. The van der Waals surface area contributed by atoms with E-state index in [1.807, 2.05) is 0 Å². The molecule has 0 fully saturated rings. The molecule has 1 aromatic rings. The SMILES string of the molecule is COCCNC(=O)[C@H](C)Oc1cc(Cl)ccc1Cl. The number of amides is 1. The highest BCUT2D eigenvalue weighted by Gasteiger charge is 2.15. The Morgan fingerprint density at radius 1 is 1.44 bits per heavy atom. The zero-order valence-electron chi connectivity index (χ0n) is 10.2. The molecule has 4 nitrogen and oxygen atoms in total. The summed E-state index contributed by atoms with van der Waals surface area (Å²) in [4.78, 5) is 11.7. The molecular weight excluding hydrogens is 277 g/mol. The van der Waals surface area contributed by atoms with Crippen LogP contribution in [-0.2, 0) is 9.53 Å². The summed E-state index contributed by atoms with van der Waals surface area (Å²) in [5.74, 6) is 0.154. The van der Waals surface area contributed by atoms with Crippen molar-refractivity contribution in [2.75, 3.05) is 20.3 Å². The zero-order chi connectivity index (χ0) is 13.5. The first kappa shape index (κ1) is 15.1. The van der Waals surface area contributed by atoms with Crippen LogP contribution in [0.25, 0.3) is 0 Å². The second kappa shape index (κ2) is 7.46. The van der Waals surface area contributed by atoms with Crippen LogP contribution in [0.2, 0.25) is 10.0 Å². The Morgan fingerprint density at radius 3 is 2.83 bits per heavy atom. The molecular formula is C12H15Cl2NO3. The molecule has 0 radical (unpaired) electrons. The molecule has 1 rings (SSSR count). The molecule has 0 aliphatic carbocycles. The van der Waals surface area contributed by atoms with E-state index in [1.165, 1.54) is 0 Å². The molecule has 6 heteroatoms. The van der Waals surface area contributed by atoms with Gasteiger partial charge in [-0.3, -0.25) is 4.79 Å². The molecule has 0 aromatic heterocycles. The Balaban J connectivity index is 2.55. The van der Waals surface area contributed by atoms with Crippen molar-refractivity contribution < 1.29 is 14.3 Å². The average molecular weight is 292 g/mol. The quantitative estimate of drug-likeness (QED) is 0.820. The summed E-state index contributed by atoms with van der Waals surface area (Å²) in [6, 6.07) is 4.84. The number of ether oxygens (including phenoxy) is 2. The summed E-state index contributed by atoms with van der Waals surface area (Å²) >= 11 is 11.8. The van der Waals surface area contributed by atoms with Crippen molar-refractivity contribution >= 4 is 29.1 Å². The van der Waals surface area contributed by atoms with Gasteiger partial charge in [0.2, 0.25) is 0 Å². The van der Waals surface area contributed by atoms with Crippen LogP contribution in [0.4, 0.5) is 0 Å². The van der Waals surface area contributed by atoms with Crippen molar-refractivity contribution in [3.05, 3.63) is 28.2 Å². The largest absolute Gasteiger partial charge is 0.479 e. The van der Waals surface area contributed by atoms with Gasteiger partial charge in [0.1, 0.15) is 5.75 Å². The monoisotopic (exact) mass is 291 g/mol. The van der Waals surface area contributed by atoms with Gasteiger partial charge in [-0.25, -0.2) is 0 Å². The molecule has 0 saturated carbocycles. The maximum absolute atomic E-state index is 11.7. The van der Waals surface area contributed by atoms with Crippen LogP contribution in [0, 0.1) is 0 Å². The van der Waals surface area contributed by atoms with Crippen LogP contribution in [0.3, 0.4) is 0 Å². The molecule has 0 bridgehead atoms. The van der Waals surface area contributed by atoms with Gasteiger partial charge in [0.15, 0.2) is 6.10 Å². The fraction of sp³-hybridized carbons (Fsp3) is 0.417. The fourth-order valence-electron chi connectivity index (χ4n) is 1.23. The summed E-state index contributed by atoms with van der Waals surface area (Å²) in [6.07, 6.45) is -0.655. The molecule has 0 heterocycles. The third-order valence-electron chi connectivity index (χ3n) is 2.17. The highest BCUT2D eigenvalue weighted by Crippen LogP contribution is 2.28. The van der Waals surface area contributed by atoms with Gasteiger partial charge in [0.05, 0.1) is 11.6 Å². The third kappa shape index (κ3) is 4.72. The normalized spacial score (nSPS) is 12.0. The highest BCUT2D eigenvalue weighted by molar-refractivity contribution is 6.34. The minimum Gasteiger partial charge on any atom is -0.479 e. The number of halogens is 2. The van der Waals surface area contributed by atoms with Crippen molar-refractivity contribution in [2.24, 2.45) is 0 Å². The van der Waals surface area contributed by atoms with Gasteiger partial charge in [0.25, 0.3) is 5.91 Å². The Hall–Kier alpha value is -0.970. The van der Waals surface area contributed by atoms with Gasteiger partial charge >= 0.3 is 0 Å². The second-order valence-electron chi connectivity index (χ2n) is 3.62. The highest BCUT2D eigenvalue weighted by atomic mass is 35.5. The van der Waals surface area contributed by atoms with Gasteiger partial charge in [-0.2, -0.15) is 0 Å². The third-order valence-corrected chi connectivity index (χ3v) is 2.72. The molecule has 100 valence electrons. The number of hydrogen-bond acceptors (Lipinski definition) is 3. The summed E-state index contributed by atoms with van der Waals surface area (Å²) in [6.45, 7) is 2.53. The number of methoxy groups -OCH3 is 1. The van der Waals surface area contributed by atoms with E-state index >= 15 is 0 Å². The molecule has 1 atom stereocenters. The van der Waals surface area contributed by atoms with Gasteiger partial charge < -0.3 is 14.8 Å². The van der Waals surface area contributed by atoms with Crippen molar-refractivity contribution in [2.45, 2.75) is 13.0 Å². The number of benzene rings is 1. The number of carbonyl (C=O) groups is 1. The van der Waals surface area contributed by atoms with Crippen molar-refractivity contribution in [3.63, 3.8) is 0 Å². The predicted molar refractivity (Wildman–Crippen MR) is 71.4 cm³/mol. The maximum atomic E-state index is 11.7. The number of rotatable bonds is 6. The van der Waals surface area contributed by atoms with E-state index in [9.17, 15) is 4.79 Å². The summed E-state index contributed by atoms with van der Waals surface area (Å²) in [5.41, 5.74) is 0. The molecule has 0 unspecified atom stereocenters. The van der Waals surface area contributed by atoms with Crippen LogP contribution >= 0.6 is 23.2 Å². The molecule has 18 heavy (non-hydrogen) atoms. The second-order valence-corrected chi connectivity index (χ2v) is 4.46. The standard InChI is InChI=1S/C12H15Cl2NO3/c1-8(12(16)15-5-6-17-2)18-11-7-9(13)3-4-10(11)14/h3-4,7-8H,5-6H2,1-2H3,(H,15,16)/t8-/m0/s1. The van der Waals surface area contributed by atoms with Crippen molar-refractivity contribution in [1.29, 1.82) is 0 Å². The van der Waals surface area contributed by atoms with Crippen LogP contribution in [0.5, 0.6) is 5.75 Å². The summed E-state index contributed by atoms with van der Waals surface area (Å²) in [5, 5.41) is 3.59. The van der Waals surface area contributed by atoms with E-state index in [4.69, 9.17) is 32.7 Å². The molecule has 1 aromatic carbocycles. The van der Waals surface area contributed by atoms with E-state index < -0.39 is 6.10 Å². The molecule has 0 aliphatic rings. The molecule has 0 spiro atoms. The Morgan fingerprint density at radius 2 is 2.17 bits per heavy atom. The Labute approximate surface area is 116 Å². The van der Waals surface area contributed by atoms with Gasteiger partial charge in [-0.05, 0) is 19.1 Å². The van der Waals surface area contributed by atoms with Crippen molar-refractivity contribution in [1.82, 2.24) is 5.32 Å². The molecule has 0 saturated heterocycles. The van der Waals surface area contributed by atoms with E-state index in [0.717, 1.165) is 0 Å². The molecule has 1 amide bonds. The smallest absolute Gasteiger partial charge is 0.260 e. The maximum Gasteiger partial charge on any atom is 0.260 e. The van der Waals surface area contributed by atoms with Crippen LogP contribution in [-0.4, -0.2) is 32.3 Å². The first-order valence-corrected chi connectivity index (χ1v) is 6.18. The number of nitrogens with one attached hydrogen (secondary N) is 1. The Kier molecular flexibility index (Phi) is 6.25. The van der Waals surface area contributed by atoms with Crippen LogP contribution < -0.4 is 10.1 Å². The van der Waals surface area contributed by atoms with Gasteiger partial charge in [-0.1, -0.05) is 23.2 Å². The van der Waals surface area contributed by atoms with E-state index in [0.29, 0.717) is 28.9 Å². The van der Waals surface area contributed by atoms with Crippen molar-refractivity contribution in [3.8, 4) is 5.75 Å². The minimum atomic E-state index is -0.655. The minimum absolute atomic E-state index is 0.233. The van der Waals surface area contributed by atoms with Gasteiger partial charge in [-0.15, -0.1) is 0 Å². The average Bonchev–Trinajstić information content (AvgIpc) is 2.34.